The van der Waals surface area contributed by atoms with E-state index < -0.39 is 5.91 Å². The molecule has 0 unspecified atom stereocenters. The number of amides is 1. The molecule has 7 nitrogen and oxygen atoms in total. The topological polar surface area (TPSA) is 96.5 Å². The molecule has 0 spiro atoms. The molecule has 0 bridgehead atoms. The zero-order valence-electron chi connectivity index (χ0n) is 9.81. The van der Waals surface area contributed by atoms with Gasteiger partial charge in [-0.2, -0.15) is 0 Å². The van der Waals surface area contributed by atoms with Crippen LogP contribution in [0.2, 0.25) is 5.15 Å². The second-order valence-electron chi connectivity index (χ2n) is 3.86. The summed E-state index contributed by atoms with van der Waals surface area (Å²) in [6.45, 7) is 3.89. The zero-order valence-corrected chi connectivity index (χ0v) is 10.6. The van der Waals surface area contributed by atoms with Crippen molar-refractivity contribution >= 4 is 23.5 Å². The highest BCUT2D eigenvalue weighted by atomic mass is 35.5. The highest BCUT2D eigenvalue weighted by molar-refractivity contribution is 6.29. The maximum atomic E-state index is 11.8. The highest BCUT2D eigenvalue weighted by Crippen LogP contribution is 2.09. The summed E-state index contributed by atoms with van der Waals surface area (Å²) in [4.78, 5) is 23.5. The fourth-order valence-electron chi connectivity index (χ4n) is 1.19. The quantitative estimate of drug-likeness (QED) is 0.823. The molecule has 0 saturated heterocycles. The Morgan fingerprint density at radius 3 is 2.83 bits per heavy atom. The number of H-pyrrole nitrogens is 1. The van der Waals surface area contributed by atoms with Gasteiger partial charge < -0.3 is 0 Å². The third-order valence-corrected chi connectivity index (χ3v) is 2.31. The van der Waals surface area contributed by atoms with Crippen LogP contribution in [0.4, 0.5) is 5.95 Å². The molecule has 8 heteroatoms. The number of carbonyl (C=O) groups is 1. The number of hydrogen-bond acceptors (Lipinski definition) is 5. The summed E-state index contributed by atoms with van der Waals surface area (Å²) < 4.78 is 0. The Bertz CT molecular complexity index is 567. The average Bonchev–Trinajstić information content (AvgIpc) is 2.78. The molecule has 0 aliphatic heterocycles. The molecule has 2 rings (SSSR count). The van der Waals surface area contributed by atoms with Crippen molar-refractivity contribution in [3.63, 3.8) is 0 Å². The van der Waals surface area contributed by atoms with Crippen LogP contribution in [0.1, 0.15) is 36.2 Å². The highest BCUT2D eigenvalue weighted by Gasteiger charge is 2.15. The van der Waals surface area contributed by atoms with Crippen molar-refractivity contribution in [2.45, 2.75) is 19.8 Å². The summed E-state index contributed by atoms with van der Waals surface area (Å²) in [7, 11) is 0. The Labute approximate surface area is 108 Å². The number of carbonyl (C=O) groups excluding carboxylic acids is 1. The minimum absolute atomic E-state index is 0.0438. The molecule has 0 aliphatic rings. The SMILES string of the molecule is CC(C)c1nc(C(=O)Nc2nccc(Cl)n2)n[nH]1. The van der Waals surface area contributed by atoms with Gasteiger partial charge in [0.1, 0.15) is 11.0 Å². The molecular formula is C10H11ClN6O. The van der Waals surface area contributed by atoms with E-state index in [4.69, 9.17) is 11.6 Å². The molecule has 2 aromatic rings. The van der Waals surface area contributed by atoms with Crippen LogP contribution >= 0.6 is 11.6 Å². The van der Waals surface area contributed by atoms with Crippen LogP contribution in [-0.2, 0) is 0 Å². The van der Waals surface area contributed by atoms with Gasteiger partial charge in [-0.05, 0) is 6.07 Å². The summed E-state index contributed by atoms with van der Waals surface area (Å²) in [5, 5.41) is 9.22. The first kappa shape index (κ1) is 12.4. The van der Waals surface area contributed by atoms with E-state index in [2.05, 4.69) is 30.5 Å². The first-order valence-corrected chi connectivity index (χ1v) is 5.66. The van der Waals surface area contributed by atoms with Crippen molar-refractivity contribution in [3.05, 3.63) is 29.1 Å². The maximum absolute atomic E-state index is 11.8. The Hall–Kier alpha value is -2.02. The van der Waals surface area contributed by atoms with Crippen molar-refractivity contribution < 1.29 is 4.79 Å². The molecule has 2 N–H and O–H groups in total. The van der Waals surface area contributed by atoms with E-state index >= 15 is 0 Å². The number of halogens is 1. The maximum Gasteiger partial charge on any atom is 0.297 e. The standard InChI is InChI=1S/C10H11ClN6O/c1-5(2)7-14-8(17-16-7)9(18)15-10-12-4-3-6(11)13-10/h3-5H,1-2H3,(H,14,16,17)(H,12,13,15,18). The summed E-state index contributed by atoms with van der Waals surface area (Å²) in [5.74, 6) is 0.486. The van der Waals surface area contributed by atoms with Crippen LogP contribution in [0.25, 0.3) is 0 Å². The van der Waals surface area contributed by atoms with E-state index in [0.29, 0.717) is 5.82 Å². The third kappa shape index (κ3) is 2.80. The van der Waals surface area contributed by atoms with Gasteiger partial charge in [0.05, 0.1) is 0 Å². The van der Waals surface area contributed by atoms with E-state index in [-0.39, 0.29) is 22.8 Å². The first-order chi connectivity index (χ1) is 8.56. The predicted molar refractivity (Wildman–Crippen MR) is 65.5 cm³/mol. The molecule has 2 aromatic heterocycles. The van der Waals surface area contributed by atoms with Gasteiger partial charge in [-0.25, -0.2) is 15.0 Å². The molecule has 2 heterocycles. The number of anilines is 1. The van der Waals surface area contributed by atoms with E-state index in [9.17, 15) is 4.79 Å². The molecule has 0 atom stereocenters. The molecule has 0 aliphatic carbocycles. The Morgan fingerprint density at radius 2 is 2.22 bits per heavy atom. The number of nitrogens with one attached hydrogen (secondary N) is 2. The molecular weight excluding hydrogens is 256 g/mol. The lowest BCUT2D eigenvalue weighted by atomic mass is 10.2. The van der Waals surface area contributed by atoms with Gasteiger partial charge >= 0.3 is 0 Å². The minimum atomic E-state index is -0.486. The van der Waals surface area contributed by atoms with Crippen molar-refractivity contribution in [2.75, 3.05) is 5.32 Å². The summed E-state index contributed by atoms with van der Waals surface area (Å²) in [6.07, 6.45) is 1.45. The Kier molecular flexibility index (Phi) is 3.52. The lowest BCUT2D eigenvalue weighted by molar-refractivity contribution is 0.101. The normalized spacial score (nSPS) is 10.7. The number of aromatic nitrogens is 5. The minimum Gasteiger partial charge on any atom is -0.288 e. The van der Waals surface area contributed by atoms with E-state index in [0.717, 1.165) is 0 Å². The van der Waals surface area contributed by atoms with Crippen LogP contribution in [0.15, 0.2) is 12.3 Å². The molecule has 0 saturated carbocycles. The predicted octanol–water partition coefficient (Wildman–Crippen LogP) is 1.62. The number of aromatic amines is 1. The molecule has 18 heavy (non-hydrogen) atoms. The molecule has 0 aromatic carbocycles. The fourth-order valence-corrected chi connectivity index (χ4v) is 1.32. The monoisotopic (exact) mass is 266 g/mol. The van der Waals surface area contributed by atoms with Crippen molar-refractivity contribution in [1.29, 1.82) is 0 Å². The van der Waals surface area contributed by atoms with Crippen LogP contribution in [0.5, 0.6) is 0 Å². The van der Waals surface area contributed by atoms with Crippen LogP contribution in [0.3, 0.4) is 0 Å². The Balaban J connectivity index is 2.12. The lowest BCUT2D eigenvalue weighted by Crippen LogP contribution is -2.15. The summed E-state index contributed by atoms with van der Waals surface area (Å²) in [6, 6.07) is 1.51. The van der Waals surface area contributed by atoms with Gasteiger partial charge in [0.2, 0.25) is 11.8 Å². The lowest BCUT2D eigenvalue weighted by Gasteiger charge is -2.00. The van der Waals surface area contributed by atoms with Crippen molar-refractivity contribution in [2.24, 2.45) is 0 Å². The van der Waals surface area contributed by atoms with Gasteiger partial charge in [-0.1, -0.05) is 25.4 Å². The van der Waals surface area contributed by atoms with Gasteiger partial charge in [-0.15, -0.1) is 5.10 Å². The molecule has 0 radical (unpaired) electrons. The van der Waals surface area contributed by atoms with E-state index in [1.54, 1.807) is 0 Å². The van der Waals surface area contributed by atoms with Crippen molar-refractivity contribution in [3.8, 4) is 0 Å². The first-order valence-electron chi connectivity index (χ1n) is 5.28. The van der Waals surface area contributed by atoms with E-state index in [1.165, 1.54) is 12.3 Å². The van der Waals surface area contributed by atoms with Gasteiger partial charge in [0.15, 0.2) is 0 Å². The van der Waals surface area contributed by atoms with Gasteiger partial charge in [0, 0.05) is 12.1 Å². The summed E-state index contributed by atoms with van der Waals surface area (Å²) >= 11 is 5.68. The molecule has 0 fully saturated rings. The van der Waals surface area contributed by atoms with E-state index in [1.807, 2.05) is 13.8 Å². The van der Waals surface area contributed by atoms with Crippen LogP contribution in [-0.4, -0.2) is 31.1 Å². The Morgan fingerprint density at radius 1 is 1.44 bits per heavy atom. The average molecular weight is 267 g/mol. The van der Waals surface area contributed by atoms with Crippen LogP contribution in [0, 0.1) is 0 Å². The zero-order chi connectivity index (χ0) is 13.1. The second-order valence-corrected chi connectivity index (χ2v) is 4.24. The molecule has 1 amide bonds. The smallest absolute Gasteiger partial charge is 0.288 e. The number of rotatable bonds is 3. The van der Waals surface area contributed by atoms with Gasteiger partial charge in [-0.3, -0.25) is 15.2 Å². The largest absolute Gasteiger partial charge is 0.297 e. The number of nitrogens with zero attached hydrogens (tertiary/aromatic N) is 4. The number of hydrogen-bond donors (Lipinski definition) is 2. The van der Waals surface area contributed by atoms with Crippen molar-refractivity contribution in [1.82, 2.24) is 25.1 Å². The third-order valence-electron chi connectivity index (χ3n) is 2.10. The van der Waals surface area contributed by atoms with Crippen LogP contribution < -0.4 is 5.32 Å². The summed E-state index contributed by atoms with van der Waals surface area (Å²) in [5.41, 5.74) is 0. The fraction of sp³-hybridized carbons (Fsp3) is 0.300. The van der Waals surface area contributed by atoms with Gasteiger partial charge in [0.25, 0.3) is 5.91 Å². The second kappa shape index (κ2) is 5.09. The molecule has 94 valence electrons.